The molecule has 1 aliphatic carbocycles. The molecule has 138 valence electrons. The zero-order valence-corrected chi connectivity index (χ0v) is 15.5. The van der Waals surface area contributed by atoms with Gasteiger partial charge in [0.2, 0.25) is 10.0 Å². The van der Waals surface area contributed by atoms with Gasteiger partial charge in [-0.2, -0.15) is 0 Å². The molecule has 0 aromatic heterocycles. The van der Waals surface area contributed by atoms with Gasteiger partial charge < -0.3 is 10.5 Å². The Balaban J connectivity index is 1.81. The fourth-order valence-electron chi connectivity index (χ4n) is 3.03. The monoisotopic (exact) mass is 394 g/mol. The molecule has 8 heteroatoms. The molecule has 0 saturated heterocycles. The zero-order chi connectivity index (χ0) is 18.7. The summed E-state index contributed by atoms with van der Waals surface area (Å²) in [6.45, 7) is -0.189. The van der Waals surface area contributed by atoms with Gasteiger partial charge in [0.25, 0.3) is 5.91 Å². The number of amides is 1. The number of hydrogen-bond acceptors (Lipinski definition) is 4. The van der Waals surface area contributed by atoms with E-state index < -0.39 is 15.9 Å². The predicted molar refractivity (Wildman–Crippen MR) is 98.6 cm³/mol. The molecule has 1 amide bonds. The van der Waals surface area contributed by atoms with E-state index in [2.05, 4.69) is 4.72 Å². The van der Waals surface area contributed by atoms with Crippen LogP contribution in [0.5, 0.6) is 5.75 Å². The zero-order valence-electron chi connectivity index (χ0n) is 13.9. The van der Waals surface area contributed by atoms with E-state index in [0.29, 0.717) is 17.2 Å². The van der Waals surface area contributed by atoms with Gasteiger partial charge in [-0.15, -0.1) is 0 Å². The van der Waals surface area contributed by atoms with E-state index in [4.69, 9.17) is 22.1 Å². The van der Waals surface area contributed by atoms with Crippen LogP contribution in [0.2, 0.25) is 5.02 Å². The van der Waals surface area contributed by atoms with Crippen LogP contribution in [-0.4, -0.2) is 20.9 Å². The van der Waals surface area contributed by atoms with E-state index >= 15 is 0 Å². The molecule has 1 unspecified atom stereocenters. The van der Waals surface area contributed by atoms with Crippen molar-refractivity contribution < 1.29 is 17.9 Å². The Bertz CT molecular complexity index is 913. The fourth-order valence-corrected chi connectivity index (χ4v) is 4.40. The van der Waals surface area contributed by atoms with Crippen LogP contribution in [0.25, 0.3) is 0 Å². The van der Waals surface area contributed by atoms with Crippen LogP contribution in [-0.2, 0) is 21.2 Å². The molecular weight excluding hydrogens is 376 g/mol. The Labute approximate surface area is 157 Å². The maximum Gasteiger partial charge on any atom is 0.255 e. The molecule has 2 aromatic rings. The summed E-state index contributed by atoms with van der Waals surface area (Å²) in [5.74, 6) is 0.0000742. The minimum atomic E-state index is -3.65. The molecule has 0 heterocycles. The minimum Gasteiger partial charge on any atom is -0.484 e. The van der Waals surface area contributed by atoms with Crippen molar-refractivity contribution in [3.63, 3.8) is 0 Å². The van der Waals surface area contributed by atoms with E-state index in [1.807, 2.05) is 12.1 Å². The molecule has 0 radical (unpaired) electrons. The highest BCUT2D eigenvalue weighted by molar-refractivity contribution is 7.89. The van der Waals surface area contributed by atoms with Crippen molar-refractivity contribution in [3.8, 4) is 5.75 Å². The maximum absolute atomic E-state index is 12.6. The van der Waals surface area contributed by atoms with Crippen molar-refractivity contribution >= 4 is 27.5 Å². The highest BCUT2D eigenvalue weighted by Crippen LogP contribution is 2.33. The van der Waals surface area contributed by atoms with Crippen LogP contribution in [0.4, 0.5) is 0 Å². The molecule has 1 atom stereocenters. The summed E-state index contributed by atoms with van der Waals surface area (Å²) in [7, 11) is -3.65. The van der Waals surface area contributed by atoms with Gasteiger partial charge in [-0.1, -0.05) is 17.7 Å². The quantitative estimate of drug-likeness (QED) is 0.786. The smallest absolute Gasteiger partial charge is 0.255 e. The molecule has 0 aliphatic heterocycles. The number of benzene rings is 2. The summed E-state index contributed by atoms with van der Waals surface area (Å²) < 4.78 is 33.4. The number of primary amides is 1. The van der Waals surface area contributed by atoms with Gasteiger partial charge in [-0.3, -0.25) is 4.79 Å². The van der Waals surface area contributed by atoms with Crippen molar-refractivity contribution in [2.24, 2.45) is 5.73 Å². The minimum absolute atomic E-state index is 0.176. The molecule has 1 aliphatic rings. The van der Waals surface area contributed by atoms with Gasteiger partial charge >= 0.3 is 0 Å². The lowest BCUT2D eigenvalue weighted by Crippen LogP contribution is -2.31. The van der Waals surface area contributed by atoms with Gasteiger partial charge in [0, 0.05) is 11.1 Å². The number of sulfonamides is 1. The van der Waals surface area contributed by atoms with E-state index in [9.17, 15) is 13.2 Å². The largest absolute Gasteiger partial charge is 0.484 e. The first-order valence-corrected chi connectivity index (χ1v) is 10.0. The number of nitrogens with two attached hydrogens (primary N) is 1. The second-order valence-corrected chi connectivity index (χ2v) is 8.29. The van der Waals surface area contributed by atoms with E-state index in [0.717, 1.165) is 24.0 Å². The number of fused-ring (bicyclic) bond motifs is 1. The number of carbonyl (C=O) groups excluding carboxylic acids is 1. The van der Waals surface area contributed by atoms with Crippen molar-refractivity contribution in [2.45, 2.75) is 30.2 Å². The van der Waals surface area contributed by atoms with Crippen LogP contribution in [0.15, 0.2) is 47.4 Å². The van der Waals surface area contributed by atoms with Crippen LogP contribution < -0.4 is 15.2 Å². The average molecular weight is 395 g/mol. The third-order valence-corrected chi connectivity index (χ3v) is 5.97. The summed E-state index contributed by atoms with van der Waals surface area (Å²) in [6, 6.07) is 11.1. The molecule has 6 nitrogen and oxygen atoms in total. The summed E-state index contributed by atoms with van der Waals surface area (Å²) in [5.41, 5.74) is 7.00. The Morgan fingerprint density at radius 2 is 1.96 bits per heavy atom. The Kier molecular flexibility index (Phi) is 5.50. The molecule has 0 spiro atoms. The van der Waals surface area contributed by atoms with Crippen LogP contribution in [0, 0.1) is 0 Å². The summed E-state index contributed by atoms with van der Waals surface area (Å²) >= 11 is 5.82. The second-order valence-electron chi connectivity index (χ2n) is 6.14. The molecule has 0 bridgehead atoms. The maximum atomic E-state index is 12.6. The molecule has 3 N–H and O–H groups in total. The number of rotatable bonds is 6. The molecule has 3 rings (SSSR count). The molecular formula is C18H19ClN2O4S. The fraction of sp³-hybridized carbons (Fsp3) is 0.278. The molecule has 0 saturated carbocycles. The van der Waals surface area contributed by atoms with Gasteiger partial charge in [0.1, 0.15) is 5.75 Å². The highest BCUT2D eigenvalue weighted by atomic mass is 35.5. The lowest BCUT2D eigenvalue weighted by molar-refractivity contribution is -0.119. The number of hydrogen-bond donors (Lipinski definition) is 2. The van der Waals surface area contributed by atoms with Gasteiger partial charge in [0.05, 0.1) is 4.90 Å². The number of ether oxygens (including phenoxy) is 1. The Morgan fingerprint density at radius 1 is 1.23 bits per heavy atom. The average Bonchev–Trinajstić information content (AvgIpc) is 2.60. The van der Waals surface area contributed by atoms with E-state index in [-0.39, 0.29) is 17.5 Å². The second kappa shape index (κ2) is 7.65. The van der Waals surface area contributed by atoms with Crippen LogP contribution in [0.1, 0.15) is 30.0 Å². The first kappa shape index (κ1) is 18.7. The summed E-state index contributed by atoms with van der Waals surface area (Å²) in [6.07, 6.45) is 2.38. The first-order valence-electron chi connectivity index (χ1n) is 8.17. The summed E-state index contributed by atoms with van der Waals surface area (Å²) in [4.78, 5) is 11.0. The lowest BCUT2D eigenvalue weighted by atomic mass is 9.88. The third-order valence-electron chi connectivity index (χ3n) is 4.23. The van der Waals surface area contributed by atoms with Gasteiger partial charge in [-0.25, -0.2) is 13.1 Å². The topological polar surface area (TPSA) is 98.5 Å². The Morgan fingerprint density at radius 3 is 2.65 bits per heavy atom. The predicted octanol–water partition coefficient (Wildman–Crippen LogP) is 2.56. The van der Waals surface area contributed by atoms with Crippen molar-refractivity contribution in [3.05, 3.63) is 58.6 Å². The number of aryl methyl sites for hydroxylation is 1. The Hall–Kier alpha value is -2.09. The van der Waals surface area contributed by atoms with Crippen molar-refractivity contribution in [1.29, 1.82) is 0 Å². The molecule has 26 heavy (non-hydrogen) atoms. The van der Waals surface area contributed by atoms with E-state index in [1.54, 1.807) is 18.2 Å². The normalized spacial score (nSPS) is 16.7. The number of nitrogens with one attached hydrogen (secondary N) is 1. The van der Waals surface area contributed by atoms with Gasteiger partial charge in [-0.05, 0) is 66.8 Å². The standard InChI is InChI=1S/C18H19ClN2O4S/c19-13-4-7-15(8-5-13)26(23,24)21-17-3-1-2-12-10-14(6-9-16(12)17)25-11-18(20)22/h4-10,17,21H,1-3,11H2,(H2,20,22). The SMILES string of the molecule is NC(=O)COc1ccc2c(c1)CCCC2NS(=O)(=O)c1ccc(Cl)cc1. The number of carbonyl (C=O) groups is 1. The van der Waals surface area contributed by atoms with Crippen LogP contribution >= 0.6 is 11.6 Å². The summed E-state index contributed by atoms with van der Waals surface area (Å²) in [5, 5.41) is 0.482. The first-order chi connectivity index (χ1) is 12.3. The third kappa shape index (κ3) is 4.35. The number of halogens is 1. The van der Waals surface area contributed by atoms with Crippen molar-refractivity contribution in [2.75, 3.05) is 6.61 Å². The lowest BCUT2D eigenvalue weighted by Gasteiger charge is -2.26. The van der Waals surface area contributed by atoms with Crippen molar-refractivity contribution in [1.82, 2.24) is 4.72 Å². The van der Waals surface area contributed by atoms with Gasteiger partial charge in [0.15, 0.2) is 6.61 Å². The molecule has 0 fully saturated rings. The molecule has 2 aromatic carbocycles. The highest BCUT2D eigenvalue weighted by Gasteiger charge is 2.26. The van der Waals surface area contributed by atoms with Crippen LogP contribution in [0.3, 0.4) is 0 Å². The van der Waals surface area contributed by atoms with E-state index in [1.165, 1.54) is 12.1 Å².